The first-order chi connectivity index (χ1) is 7.69. The molecule has 3 nitrogen and oxygen atoms in total. The van der Waals surface area contributed by atoms with E-state index in [0.717, 1.165) is 11.1 Å². The molecule has 4 heteroatoms. The van der Waals surface area contributed by atoms with Crippen LogP contribution in [0.1, 0.15) is 18.1 Å². The molecule has 0 radical (unpaired) electrons. The molecule has 0 saturated heterocycles. The summed E-state index contributed by atoms with van der Waals surface area (Å²) < 4.78 is 0. The van der Waals surface area contributed by atoms with Crippen molar-refractivity contribution in [2.45, 2.75) is 25.3 Å². The molecule has 0 aromatic heterocycles. The lowest BCUT2D eigenvalue weighted by atomic mass is 10.1. The lowest BCUT2D eigenvalue weighted by Crippen LogP contribution is -2.30. The first-order valence-electron chi connectivity index (χ1n) is 5.17. The van der Waals surface area contributed by atoms with Crippen molar-refractivity contribution in [3.05, 3.63) is 35.4 Å². The highest BCUT2D eigenvalue weighted by molar-refractivity contribution is 7.99. The van der Waals surface area contributed by atoms with Gasteiger partial charge in [-0.25, -0.2) is 0 Å². The predicted molar refractivity (Wildman–Crippen MR) is 67.2 cm³/mol. The Morgan fingerprint density at radius 2 is 2.06 bits per heavy atom. The van der Waals surface area contributed by atoms with Crippen molar-refractivity contribution in [2.75, 3.05) is 6.26 Å². The fraction of sp³-hybridized carbons (Fsp3) is 0.417. The van der Waals surface area contributed by atoms with Gasteiger partial charge in [-0.3, -0.25) is 4.79 Å². The van der Waals surface area contributed by atoms with E-state index in [0.29, 0.717) is 6.54 Å². The molecule has 0 bridgehead atoms. The van der Waals surface area contributed by atoms with Crippen LogP contribution in [-0.2, 0) is 17.9 Å². The highest BCUT2D eigenvalue weighted by Gasteiger charge is 2.10. The fourth-order valence-corrected chi connectivity index (χ4v) is 1.61. The molecule has 16 heavy (non-hydrogen) atoms. The lowest BCUT2D eigenvalue weighted by Gasteiger charge is -2.11. The number of hydrogen-bond donors (Lipinski definition) is 2. The van der Waals surface area contributed by atoms with Gasteiger partial charge in [0.2, 0.25) is 5.91 Å². The molecule has 1 atom stereocenters. The van der Waals surface area contributed by atoms with Gasteiger partial charge in [-0.15, -0.1) is 0 Å². The summed E-state index contributed by atoms with van der Waals surface area (Å²) in [6.07, 6.45) is 1.91. The molecule has 1 aromatic rings. The molecule has 1 rings (SSSR count). The van der Waals surface area contributed by atoms with Gasteiger partial charge in [0.25, 0.3) is 0 Å². The molecule has 1 aromatic carbocycles. The van der Waals surface area contributed by atoms with Crippen molar-refractivity contribution in [3.8, 4) is 0 Å². The second-order valence-electron chi connectivity index (χ2n) is 3.52. The van der Waals surface area contributed by atoms with Crippen LogP contribution in [0.15, 0.2) is 24.3 Å². The standard InChI is InChI=1S/C12H17NO2S/c1-9(16-2)12(15)13-7-10-5-3-4-6-11(10)8-14/h3-6,9,14H,7-8H2,1-2H3,(H,13,15). The highest BCUT2D eigenvalue weighted by atomic mass is 32.2. The molecule has 0 aliphatic rings. The first kappa shape index (κ1) is 13.1. The van der Waals surface area contributed by atoms with E-state index in [9.17, 15) is 4.79 Å². The van der Waals surface area contributed by atoms with Crippen LogP contribution < -0.4 is 5.32 Å². The fourth-order valence-electron chi connectivity index (χ4n) is 1.32. The number of aliphatic hydroxyl groups is 1. The molecule has 0 heterocycles. The van der Waals surface area contributed by atoms with Gasteiger partial charge in [-0.1, -0.05) is 24.3 Å². The van der Waals surface area contributed by atoms with E-state index in [2.05, 4.69) is 5.32 Å². The van der Waals surface area contributed by atoms with Crippen molar-refractivity contribution < 1.29 is 9.90 Å². The van der Waals surface area contributed by atoms with Crippen LogP contribution in [0.5, 0.6) is 0 Å². The monoisotopic (exact) mass is 239 g/mol. The van der Waals surface area contributed by atoms with Gasteiger partial charge in [0, 0.05) is 6.54 Å². The maximum Gasteiger partial charge on any atom is 0.233 e. The molecule has 1 unspecified atom stereocenters. The van der Waals surface area contributed by atoms with Crippen LogP contribution in [0.2, 0.25) is 0 Å². The second-order valence-corrected chi connectivity index (χ2v) is 4.70. The smallest absolute Gasteiger partial charge is 0.233 e. The molecule has 0 spiro atoms. The molecule has 1 amide bonds. The predicted octanol–water partition coefficient (Wildman–Crippen LogP) is 1.55. The Labute approximate surface area is 100 Å². The molecular formula is C12H17NO2S. The molecule has 0 saturated carbocycles. The van der Waals surface area contributed by atoms with E-state index in [1.54, 1.807) is 0 Å². The highest BCUT2D eigenvalue weighted by Crippen LogP contribution is 2.09. The minimum Gasteiger partial charge on any atom is -0.392 e. The third-order valence-corrected chi connectivity index (χ3v) is 3.39. The average molecular weight is 239 g/mol. The molecule has 0 aliphatic heterocycles. The minimum atomic E-state index is -0.0405. The molecule has 0 fully saturated rings. The maximum absolute atomic E-state index is 11.6. The summed E-state index contributed by atoms with van der Waals surface area (Å²) in [6, 6.07) is 7.55. The van der Waals surface area contributed by atoms with Crippen molar-refractivity contribution in [1.29, 1.82) is 0 Å². The van der Waals surface area contributed by atoms with Gasteiger partial charge in [0.1, 0.15) is 0 Å². The van der Waals surface area contributed by atoms with Crippen molar-refractivity contribution >= 4 is 17.7 Å². The number of carbonyl (C=O) groups excluding carboxylic acids is 1. The van der Waals surface area contributed by atoms with Crippen molar-refractivity contribution in [1.82, 2.24) is 5.32 Å². The minimum absolute atomic E-state index is 0.00409. The Morgan fingerprint density at radius 1 is 1.44 bits per heavy atom. The van der Waals surface area contributed by atoms with Gasteiger partial charge < -0.3 is 10.4 Å². The van der Waals surface area contributed by atoms with E-state index >= 15 is 0 Å². The Bertz CT molecular complexity index is 355. The Morgan fingerprint density at radius 3 is 2.62 bits per heavy atom. The summed E-state index contributed by atoms with van der Waals surface area (Å²) in [6.45, 7) is 2.35. The van der Waals surface area contributed by atoms with Crippen LogP contribution >= 0.6 is 11.8 Å². The average Bonchev–Trinajstić information content (AvgIpc) is 2.35. The number of amides is 1. The lowest BCUT2D eigenvalue weighted by molar-refractivity contribution is -0.120. The number of rotatable bonds is 5. The van der Waals surface area contributed by atoms with Crippen molar-refractivity contribution in [3.63, 3.8) is 0 Å². The SMILES string of the molecule is CSC(C)C(=O)NCc1ccccc1CO. The molecule has 2 N–H and O–H groups in total. The van der Waals surface area contributed by atoms with E-state index in [4.69, 9.17) is 5.11 Å². The third kappa shape index (κ3) is 3.54. The number of thioether (sulfide) groups is 1. The Hall–Kier alpha value is -1.00. The van der Waals surface area contributed by atoms with Gasteiger partial charge in [0.05, 0.1) is 11.9 Å². The summed E-state index contributed by atoms with van der Waals surface area (Å²) in [4.78, 5) is 11.6. The maximum atomic E-state index is 11.6. The summed E-state index contributed by atoms with van der Waals surface area (Å²) in [5, 5.41) is 11.9. The number of nitrogens with one attached hydrogen (secondary N) is 1. The van der Waals surface area contributed by atoms with E-state index in [-0.39, 0.29) is 17.8 Å². The summed E-state index contributed by atoms with van der Waals surface area (Å²) in [5.41, 5.74) is 1.83. The van der Waals surface area contributed by atoms with E-state index < -0.39 is 0 Å². The summed E-state index contributed by atoms with van der Waals surface area (Å²) in [7, 11) is 0. The topological polar surface area (TPSA) is 49.3 Å². The third-order valence-electron chi connectivity index (χ3n) is 2.46. The van der Waals surface area contributed by atoms with E-state index in [1.807, 2.05) is 37.4 Å². The number of aliphatic hydroxyl groups excluding tert-OH is 1. The second kappa shape index (κ2) is 6.55. The van der Waals surface area contributed by atoms with E-state index in [1.165, 1.54) is 11.8 Å². The largest absolute Gasteiger partial charge is 0.392 e. The number of benzene rings is 1. The normalized spacial score (nSPS) is 12.2. The summed E-state index contributed by atoms with van der Waals surface area (Å²) in [5.74, 6) is 0.0280. The first-order valence-corrected chi connectivity index (χ1v) is 6.46. The van der Waals surface area contributed by atoms with Gasteiger partial charge in [-0.2, -0.15) is 11.8 Å². The zero-order valence-corrected chi connectivity index (χ0v) is 10.4. The van der Waals surface area contributed by atoms with Crippen LogP contribution in [0.3, 0.4) is 0 Å². The van der Waals surface area contributed by atoms with Crippen molar-refractivity contribution in [2.24, 2.45) is 0 Å². The number of hydrogen-bond acceptors (Lipinski definition) is 3. The van der Waals surface area contributed by atoms with Crippen LogP contribution in [0.4, 0.5) is 0 Å². The molecule has 0 aliphatic carbocycles. The van der Waals surface area contributed by atoms with Gasteiger partial charge >= 0.3 is 0 Å². The zero-order valence-electron chi connectivity index (χ0n) is 9.56. The van der Waals surface area contributed by atoms with Gasteiger partial charge in [0.15, 0.2) is 0 Å². The van der Waals surface area contributed by atoms with Gasteiger partial charge in [-0.05, 0) is 24.3 Å². The molecule has 88 valence electrons. The van der Waals surface area contributed by atoms with Crippen LogP contribution in [-0.4, -0.2) is 22.5 Å². The Kier molecular flexibility index (Phi) is 5.35. The molecular weight excluding hydrogens is 222 g/mol. The number of carbonyl (C=O) groups is 1. The zero-order chi connectivity index (χ0) is 12.0. The summed E-state index contributed by atoms with van der Waals surface area (Å²) >= 11 is 1.52. The quantitative estimate of drug-likeness (QED) is 0.819. The Balaban J connectivity index is 2.57. The van der Waals surface area contributed by atoms with Crippen LogP contribution in [0, 0.1) is 0 Å². The van der Waals surface area contributed by atoms with Crippen LogP contribution in [0.25, 0.3) is 0 Å².